The molecular weight excluding hydrogens is 297 g/mol. The van der Waals surface area contributed by atoms with E-state index < -0.39 is 0 Å². The minimum Gasteiger partial charge on any atom is -0.396 e. The van der Waals surface area contributed by atoms with Gasteiger partial charge in [-0.15, -0.1) is 0 Å². The summed E-state index contributed by atoms with van der Waals surface area (Å²) in [4.78, 5) is 13.5. The van der Waals surface area contributed by atoms with E-state index >= 15 is 0 Å². The summed E-state index contributed by atoms with van der Waals surface area (Å²) in [5.41, 5.74) is 0.835. The number of carbonyl (C=O) groups excluding carboxylic acids is 1. The lowest BCUT2D eigenvalue weighted by Gasteiger charge is -2.14. The summed E-state index contributed by atoms with van der Waals surface area (Å²) in [6, 6.07) is 5.22. The molecule has 20 heavy (non-hydrogen) atoms. The molecule has 1 aromatic carbocycles. The molecule has 0 radical (unpaired) electrons. The fourth-order valence-corrected chi connectivity index (χ4v) is 1.97. The van der Waals surface area contributed by atoms with Gasteiger partial charge in [-0.25, -0.2) is 0 Å². The third-order valence-corrected chi connectivity index (χ3v) is 3.63. The molecule has 1 amide bonds. The second kappa shape index (κ2) is 9.01. The van der Waals surface area contributed by atoms with Crippen LogP contribution in [0.15, 0.2) is 24.3 Å². The number of rotatable bonds is 7. The number of aliphatic hydroxyl groups excluding tert-OH is 1. The Labute approximate surface area is 129 Å². The first kappa shape index (κ1) is 17.0. The van der Waals surface area contributed by atoms with Crippen LogP contribution in [0.2, 0.25) is 10.0 Å². The number of hydrogen-bond donors (Lipinski definition) is 1. The van der Waals surface area contributed by atoms with Crippen LogP contribution in [0.1, 0.15) is 24.8 Å². The zero-order valence-electron chi connectivity index (χ0n) is 11.5. The van der Waals surface area contributed by atoms with Gasteiger partial charge in [0.1, 0.15) is 0 Å². The van der Waals surface area contributed by atoms with Crippen molar-refractivity contribution in [2.24, 2.45) is 0 Å². The van der Waals surface area contributed by atoms with Crippen molar-refractivity contribution in [3.8, 4) is 0 Å². The molecule has 0 saturated carbocycles. The maximum atomic E-state index is 11.9. The van der Waals surface area contributed by atoms with E-state index in [1.54, 1.807) is 36.2 Å². The van der Waals surface area contributed by atoms with Crippen molar-refractivity contribution in [2.45, 2.75) is 19.3 Å². The van der Waals surface area contributed by atoms with Gasteiger partial charge in [-0.05, 0) is 43.0 Å². The summed E-state index contributed by atoms with van der Waals surface area (Å²) < 4.78 is 0. The molecule has 0 aromatic heterocycles. The highest BCUT2D eigenvalue weighted by Crippen LogP contribution is 2.23. The molecular formula is C15H19Cl2NO2. The normalized spacial score (nSPS) is 11.0. The van der Waals surface area contributed by atoms with Gasteiger partial charge in [0.15, 0.2) is 0 Å². The summed E-state index contributed by atoms with van der Waals surface area (Å²) in [5, 5.41) is 9.65. The van der Waals surface area contributed by atoms with Crippen LogP contribution >= 0.6 is 23.2 Å². The Morgan fingerprint density at radius 2 is 2.00 bits per heavy atom. The van der Waals surface area contributed by atoms with Gasteiger partial charge in [0.25, 0.3) is 0 Å². The minimum absolute atomic E-state index is 0.0555. The van der Waals surface area contributed by atoms with Gasteiger partial charge >= 0.3 is 0 Å². The molecule has 0 aliphatic carbocycles. The number of halogens is 2. The molecule has 0 heterocycles. The monoisotopic (exact) mass is 315 g/mol. The third kappa shape index (κ3) is 5.95. The summed E-state index contributed by atoms with van der Waals surface area (Å²) in [6.07, 6.45) is 5.83. The largest absolute Gasteiger partial charge is 0.396 e. The molecule has 0 aliphatic rings. The number of benzene rings is 1. The average molecular weight is 316 g/mol. The van der Waals surface area contributed by atoms with Crippen LogP contribution in [0.3, 0.4) is 0 Å². The predicted molar refractivity (Wildman–Crippen MR) is 84.1 cm³/mol. The lowest BCUT2D eigenvalue weighted by molar-refractivity contribution is -0.124. The zero-order chi connectivity index (χ0) is 15.0. The lowest BCUT2D eigenvalue weighted by atomic mass is 10.2. The summed E-state index contributed by atoms with van der Waals surface area (Å²) in [7, 11) is 1.76. The van der Waals surface area contributed by atoms with Crippen LogP contribution in [0.4, 0.5) is 0 Å². The van der Waals surface area contributed by atoms with E-state index in [0.29, 0.717) is 16.6 Å². The van der Waals surface area contributed by atoms with E-state index in [1.807, 2.05) is 0 Å². The number of amides is 1. The molecule has 3 nitrogen and oxygen atoms in total. The summed E-state index contributed by atoms with van der Waals surface area (Å²) >= 11 is 11.7. The number of unbranched alkanes of at least 4 members (excludes halogenated alkanes) is 2. The molecule has 1 rings (SSSR count). The van der Waals surface area contributed by atoms with Crippen molar-refractivity contribution in [3.05, 3.63) is 39.9 Å². The maximum absolute atomic E-state index is 11.9. The highest BCUT2D eigenvalue weighted by atomic mass is 35.5. The first-order valence-electron chi connectivity index (χ1n) is 6.53. The molecule has 5 heteroatoms. The standard InChI is InChI=1S/C15H19Cl2NO2/c1-18(9-3-2-4-10-19)15(20)8-6-12-5-7-13(16)14(17)11-12/h5-8,11,19H,2-4,9-10H2,1H3/b8-6+. The van der Waals surface area contributed by atoms with Gasteiger partial charge in [0, 0.05) is 26.3 Å². The summed E-state index contributed by atoms with van der Waals surface area (Å²) in [6.45, 7) is 0.888. The summed E-state index contributed by atoms with van der Waals surface area (Å²) in [5.74, 6) is -0.0555. The molecule has 110 valence electrons. The van der Waals surface area contributed by atoms with Crippen molar-refractivity contribution >= 4 is 35.2 Å². The predicted octanol–water partition coefficient (Wildman–Crippen LogP) is 3.63. The van der Waals surface area contributed by atoms with E-state index in [2.05, 4.69) is 0 Å². The molecule has 0 bridgehead atoms. The first-order chi connectivity index (χ1) is 9.54. The highest BCUT2D eigenvalue weighted by molar-refractivity contribution is 6.42. The van der Waals surface area contributed by atoms with E-state index in [9.17, 15) is 4.79 Å². The minimum atomic E-state index is -0.0555. The van der Waals surface area contributed by atoms with Crippen molar-refractivity contribution in [1.29, 1.82) is 0 Å². The van der Waals surface area contributed by atoms with Crippen molar-refractivity contribution < 1.29 is 9.90 Å². The molecule has 1 N–H and O–H groups in total. The lowest BCUT2D eigenvalue weighted by Crippen LogP contribution is -2.25. The van der Waals surface area contributed by atoms with E-state index in [1.165, 1.54) is 6.08 Å². The number of aliphatic hydroxyl groups is 1. The zero-order valence-corrected chi connectivity index (χ0v) is 13.0. The number of hydrogen-bond acceptors (Lipinski definition) is 2. The smallest absolute Gasteiger partial charge is 0.246 e. The Morgan fingerprint density at radius 1 is 1.25 bits per heavy atom. The van der Waals surface area contributed by atoms with Gasteiger partial charge in [0.2, 0.25) is 5.91 Å². The number of nitrogens with zero attached hydrogens (tertiary/aromatic N) is 1. The Hall–Kier alpha value is -1.03. The molecule has 1 aromatic rings. The van der Waals surface area contributed by atoms with Crippen LogP contribution < -0.4 is 0 Å². The van der Waals surface area contributed by atoms with Crippen LogP contribution in [0.25, 0.3) is 6.08 Å². The quantitative estimate of drug-likeness (QED) is 0.616. The molecule has 0 atom stereocenters. The van der Waals surface area contributed by atoms with Gasteiger partial charge in [-0.2, -0.15) is 0 Å². The highest BCUT2D eigenvalue weighted by Gasteiger charge is 2.04. The van der Waals surface area contributed by atoms with E-state index in [-0.39, 0.29) is 12.5 Å². The topological polar surface area (TPSA) is 40.5 Å². The molecule has 0 saturated heterocycles. The average Bonchev–Trinajstić information content (AvgIpc) is 2.44. The van der Waals surface area contributed by atoms with Crippen LogP contribution in [-0.4, -0.2) is 36.1 Å². The van der Waals surface area contributed by atoms with Crippen LogP contribution in [0, 0.1) is 0 Å². The van der Waals surface area contributed by atoms with E-state index in [4.69, 9.17) is 28.3 Å². The van der Waals surface area contributed by atoms with Gasteiger partial charge in [-0.1, -0.05) is 29.3 Å². The number of carbonyl (C=O) groups is 1. The van der Waals surface area contributed by atoms with Gasteiger partial charge < -0.3 is 10.0 Å². The Morgan fingerprint density at radius 3 is 2.65 bits per heavy atom. The SMILES string of the molecule is CN(CCCCCO)C(=O)/C=C/c1ccc(Cl)c(Cl)c1. The number of likely N-dealkylation sites (N-methyl/N-ethyl adjacent to an activating group) is 1. The maximum Gasteiger partial charge on any atom is 0.246 e. The molecule has 0 aliphatic heterocycles. The van der Waals surface area contributed by atoms with Gasteiger partial charge in [0.05, 0.1) is 10.0 Å². The second-order valence-electron chi connectivity index (χ2n) is 4.55. The second-order valence-corrected chi connectivity index (χ2v) is 5.37. The van der Waals surface area contributed by atoms with Crippen molar-refractivity contribution in [3.63, 3.8) is 0 Å². The molecule has 0 spiro atoms. The fraction of sp³-hybridized carbons (Fsp3) is 0.400. The van der Waals surface area contributed by atoms with Crippen molar-refractivity contribution in [2.75, 3.05) is 20.2 Å². The van der Waals surface area contributed by atoms with E-state index in [0.717, 1.165) is 24.8 Å². The third-order valence-electron chi connectivity index (χ3n) is 2.89. The molecule has 0 unspecified atom stereocenters. The Bertz CT molecular complexity index is 475. The molecule has 0 fully saturated rings. The van der Waals surface area contributed by atoms with Crippen molar-refractivity contribution in [1.82, 2.24) is 4.90 Å². The fourth-order valence-electron chi connectivity index (χ4n) is 1.66. The van der Waals surface area contributed by atoms with Crippen LogP contribution in [-0.2, 0) is 4.79 Å². The Balaban J connectivity index is 2.47. The first-order valence-corrected chi connectivity index (χ1v) is 7.29. The van der Waals surface area contributed by atoms with Crippen LogP contribution in [0.5, 0.6) is 0 Å². The van der Waals surface area contributed by atoms with Gasteiger partial charge in [-0.3, -0.25) is 4.79 Å². The Kier molecular flexibility index (Phi) is 7.67.